The predicted octanol–water partition coefficient (Wildman–Crippen LogP) is 1.40. The van der Waals surface area contributed by atoms with Crippen LogP contribution in [0.1, 0.15) is 46.5 Å². The van der Waals surface area contributed by atoms with Crippen molar-refractivity contribution in [3.8, 4) is 22.8 Å². The number of nitrogens with zero attached hydrogens (tertiary/aromatic N) is 2. The highest BCUT2D eigenvalue weighted by Gasteiger charge is 2.27. The molecular weight excluding hydrogens is 603 g/mol. The van der Waals surface area contributed by atoms with E-state index in [2.05, 4.69) is 20.9 Å². The molecule has 2 heterocycles. The number of oxazole rings is 1. The highest BCUT2D eigenvalue weighted by atomic mass is 19.1. The van der Waals surface area contributed by atoms with Crippen molar-refractivity contribution < 1.29 is 42.3 Å². The normalized spacial score (nSPS) is 16.9. The molecule has 14 nitrogen and oxygen atoms in total. The summed E-state index contributed by atoms with van der Waals surface area (Å²) in [5.41, 5.74) is 5.74. The maximum atomic E-state index is 14.1. The highest BCUT2D eigenvalue weighted by Crippen LogP contribution is 2.26. The van der Waals surface area contributed by atoms with Crippen molar-refractivity contribution in [2.24, 2.45) is 5.73 Å². The topological polar surface area (TPSA) is 195 Å². The zero-order valence-electron chi connectivity index (χ0n) is 25.2. The Bertz CT molecular complexity index is 1560. The second-order valence-corrected chi connectivity index (χ2v) is 10.3. The Balaban J connectivity index is 1.55. The van der Waals surface area contributed by atoms with Gasteiger partial charge in [-0.05, 0) is 55.3 Å². The average molecular weight is 639 g/mol. The molecule has 0 radical (unpaired) electrons. The molecule has 0 aliphatic carbocycles. The first kappa shape index (κ1) is 33.4. The Morgan fingerprint density at radius 2 is 1.87 bits per heavy atom. The molecular formula is C31H35FN6O8. The summed E-state index contributed by atoms with van der Waals surface area (Å²) >= 11 is 0. The molecule has 0 saturated heterocycles. The number of rotatable bonds is 6. The molecule has 5 amide bonds. The van der Waals surface area contributed by atoms with Crippen molar-refractivity contribution in [3.05, 3.63) is 65.9 Å². The quantitative estimate of drug-likeness (QED) is 0.309. The molecule has 1 aliphatic heterocycles. The Kier molecular flexibility index (Phi) is 11.6. The molecule has 1 atom stereocenters. The second kappa shape index (κ2) is 16.0. The van der Waals surface area contributed by atoms with E-state index in [9.17, 15) is 28.4 Å². The van der Waals surface area contributed by atoms with Crippen molar-refractivity contribution in [2.75, 3.05) is 39.9 Å². The van der Waals surface area contributed by atoms with E-state index in [1.807, 2.05) is 0 Å². The first-order valence-electron chi connectivity index (χ1n) is 14.6. The fourth-order valence-electron chi connectivity index (χ4n) is 4.71. The van der Waals surface area contributed by atoms with Crippen LogP contribution in [0.2, 0.25) is 0 Å². The first-order valence-corrected chi connectivity index (χ1v) is 14.6. The zero-order valence-corrected chi connectivity index (χ0v) is 25.2. The van der Waals surface area contributed by atoms with Crippen LogP contribution < -0.4 is 31.2 Å². The van der Waals surface area contributed by atoms with Gasteiger partial charge in [0.1, 0.15) is 30.0 Å². The summed E-state index contributed by atoms with van der Waals surface area (Å²) in [6.07, 6.45) is 1.19. The number of fused-ring (bicyclic) bond motifs is 1. The van der Waals surface area contributed by atoms with Crippen LogP contribution in [0.3, 0.4) is 0 Å². The number of methoxy groups -OCH3 is 1. The van der Waals surface area contributed by atoms with E-state index >= 15 is 0 Å². The van der Waals surface area contributed by atoms with Gasteiger partial charge in [-0.25, -0.2) is 9.37 Å². The number of aromatic nitrogens is 1. The average Bonchev–Trinajstić information content (AvgIpc) is 3.54. The smallest absolute Gasteiger partial charge is 0.276 e. The number of carbonyl (C=O) groups excluding carboxylic acids is 5. The summed E-state index contributed by atoms with van der Waals surface area (Å²) in [5, 5.41) is 7.90. The lowest BCUT2D eigenvalue weighted by atomic mass is 10.1. The zero-order chi connectivity index (χ0) is 33.1. The van der Waals surface area contributed by atoms with Gasteiger partial charge in [0.25, 0.3) is 11.8 Å². The minimum Gasteiger partial charge on any atom is -0.497 e. The van der Waals surface area contributed by atoms with E-state index in [1.54, 1.807) is 24.3 Å². The van der Waals surface area contributed by atoms with E-state index in [1.165, 1.54) is 18.1 Å². The number of ether oxygens (including phenoxy) is 2. The fraction of sp³-hybridized carbons (Fsp3) is 0.355. The van der Waals surface area contributed by atoms with Crippen LogP contribution in [0.25, 0.3) is 11.3 Å². The van der Waals surface area contributed by atoms with Crippen LogP contribution in [0.5, 0.6) is 11.5 Å². The lowest BCUT2D eigenvalue weighted by molar-refractivity contribution is -0.123. The third-order valence-corrected chi connectivity index (χ3v) is 7.09. The Morgan fingerprint density at radius 3 is 2.61 bits per heavy atom. The number of halogens is 1. The molecule has 244 valence electrons. The number of carbonyl (C=O) groups is 5. The Labute approximate surface area is 263 Å². The van der Waals surface area contributed by atoms with Gasteiger partial charge in [-0.1, -0.05) is 0 Å². The molecule has 1 aromatic heterocycles. The molecule has 0 unspecified atom stereocenters. The number of amides is 5. The van der Waals surface area contributed by atoms with Crippen LogP contribution >= 0.6 is 0 Å². The fourth-order valence-corrected chi connectivity index (χ4v) is 4.71. The highest BCUT2D eigenvalue weighted by molar-refractivity contribution is 6.00. The number of nitrogens with two attached hydrogens (primary N) is 1. The van der Waals surface area contributed by atoms with Crippen LogP contribution in [-0.2, 0) is 14.4 Å². The van der Waals surface area contributed by atoms with Crippen LogP contribution in [-0.4, -0.2) is 85.4 Å². The van der Waals surface area contributed by atoms with Gasteiger partial charge in [-0.2, -0.15) is 0 Å². The third-order valence-electron chi connectivity index (χ3n) is 7.09. The van der Waals surface area contributed by atoms with Crippen molar-refractivity contribution in [3.63, 3.8) is 0 Å². The van der Waals surface area contributed by atoms with E-state index < -0.39 is 35.5 Å². The number of primary amides is 1. The molecule has 46 heavy (non-hydrogen) atoms. The molecule has 3 aromatic rings. The minimum atomic E-state index is -1.21. The number of hydrogen-bond acceptors (Lipinski definition) is 9. The summed E-state index contributed by atoms with van der Waals surface area (Å²) in [4.78, 5) is 69.6. The molecule has 2 aromatic carbocycles. The summed E-state index contributed by atoms with van der Waals surface area (Å²) < 4.78 is 30.4. The van der Waals surface area contributed by atoms with Gasteiger partial charge in [0.05, 0.1) is 19.2 Å². The Hall–Kier alpha value is -5.47. The van der Waals surface area contributed by atoms with E-state index in [0.29, 0.717) is 17.7 Å². The van der Waals surface area contributed by atoms with Crippen LogP contribution in [0.15, 0.2) is 53.3 Å². The predicted molar refractivity (Wildman–Crippen MR) is 161 cm³/mol. The maximum absolute atomic E-state index is 14.1. The van der Waals surface area contributed by atoms with Crippen molar-refractivity contribution in [2.45, 2.75) is 31.7 Å². The van der Waals surface area contributed by atoms with Crippen LogP contribution in [0.4, 0.5) is 4.39 Å². The van der Waals surface area contributed by atoms with Crippen molar-refractivity contribution >= 4 is 29.5 Å². The van der Waals surface area contributed by atoms with E-state index in [-0.39, 0.29) is 80.7 Å². The summed E-state index contributed by atoms with van der Waals surface area (Å²) in [5.74, 6) is -2.76. The van der Waals surface area contributed by atoms with Crippen molar-refractivity contribution in [1.82, 2.24) is 25.8 Å². The minimum absolute atomic E-state index is 0.0134. The molecule has 0 saturated carbocycles. The number of hydrogen-bond donors (Lipinski definition) is 4. The number of nitrogens with one attached hydrogen (secondary N) is 3. The molecule has 15 heteroatoms. The van der Waals surface area contributed by atoms with Crippen molar-refractivity contribution in [1.29, 1.82) is 0 Å². The first-order chi connectivity index (χ1) is 22.2. The SMILES string of the molecule is COc1ccc(-c2ocnc2C(=O)N2CCCC(=O)NCCOc3ccc(F)cc3C(=O)N[C@@H](CCC(N)=O)C(=O)NCC2)cc1. The summed E-state index contributed by atoms with van der Waals surface area (Å²) in [6, 6.07) is 8.99. The van der Waals surface area contributed by atoms with Gasteiger partial charge in [-0.3, -0.25) is 24.0 Å². The van der Waals surface area contributed by atoms with Gasteiger partial charge < -0.3 is 40.5 Å². The second-order valence-electron chi connectivity index (χ2n) is 10.3. The van der Waals surface area contributed by atoms with Gasteiger partial charge in [-0.15, -0.1) is 0 Å². The van der Waals surface area contributed by atoms with Crippen LogP contribution in [0, 0.1) is 5.82 Å². The number of benzene rings is 2. The van der Waals surface area contributed by atoms with Gasteiger partial charge in [0.2, 0.25) is 17.7 Å². The van der Waals surface area contributed by atoms with Gasteiger partial charge >= 0.3 is 0 Å². The summed E-state index contributed by atoms with van der Waals surface area (Å²) in [6.45, 7) is 0.166. The monoisotopic (exact) mass is 638 g/mol. The maximum Gasteiger partial charge on any atom is 0.276 e. The molecule has 0 bridgehead atoms. The van der Waals surface area contributed by atoms with E-state index in [4.69, 9.17) is 19.6 Å². The molecule has 5 N–H and O–H groups in total. The van der Waals surface area contributed by atoms with Gasteiger partial charge in [0.15, 0.2) is 17.8 Å². The van der Waals surface area contributed by atoms with Gasteiger partial charge in [0, 0.05) is 38.0 Å². The lowest BCUT2D eigenvalue weighted by Gasteiger charge is -2.24. The third kappa shape index (κ3) is 9.03. The molecule has 0 spiro atoms. The van der Waals surface area contributed by atoms with E-state index in [0.717, 1.165) is 18.5 Å². The summed E-state index contributed by atoms with van der Waals surface area (Å²) in [7, 11) is 1.53. The largest absolute Gasteiger partial charge is 0.497 e. The standard InChI is InChI=1S/C31H35FN6O8/c1-44-21-7-4-19(5-8-21)28-27(36-18-46-28)31(43)38-14-2-3-26(40)34-13-16-45-24-10-6-20(32)17-22(24)29(41)37-23(9-11-25(33)39)30(42)35-12-15-38/h4-8,10,17-18,23H,2-3,9,11-16H2,1H3,(H2,33,39)(H,34,40)(H,35,42)(H,37,41)/t23-/m0/s1. The lowest BCUT2D eigenvalue weighted by Crippen LogP contribution is -2.49. The molecule has 0 fully saturated rings. The Morgan fingerprint density at radius 1 is 1.09 bits per heavy atom. The molecule has 1 aliphatic rings. The molecule has 4 rings (SSSR count).